The first kappa shape index (κ1) is 17.1. The van der Waals surface area contributed by atoms with Gasteiger partial charge in [0.15, 0.2) is 0 Å². The Balaban J connectivity index is 2.84. The van der Waals surface area contributed by atoms with Crippen molar-refractivity contribution in [3.05, 3.63) is 38.3 Å². The molecular formula is C14H10F3IO3S. The topological polar surface area (TPSA) is 46.5 Å². The van der Waals surface area contributed by atoms with Crippen molar-refractivity contribution in [3.8, 4) is 16.2 Å². The van der Waals surface area contributed by atoms with Crippen LogP contribution in [0.5, 0.6) is 5.75 Å². The minimum atomic E-state index is -4.79. The van der Waals surface area contributed by atoms with Crippen molar-refractivity contribution in [2.45, 2.75) is 13.1 Å². The van der Waals surface area contributed by atoms with Crippen molar-refractivity contribution in [1.29, 1.82) is 0 Å². The van der Waals surface area contributed by atoms with Gasteiger partial charge >= 0.3 is 12.1 Å². The van der Waals surface area contributed by atoms with Crippen molar-refractivity contribution in [2.75, 3.05) is 6.61 Å². The highest BCUT2D eigenvalue weighted by molar-refractivity contribution is 14.1. The van der Waals surface area contributed by atoms with E-state index in [1.165, 1.54) is 40.9 Å². The van der Waals surface area contributed by atoms with Gasteiger partial charge in [-0.15, -0.1) is 11.3 Å². The molecule has 0 bridgehead atoms. The maximum absolute atomic E-state index is 13.4. The van der Waals surface area contributed by atoms with Crippen LogP contribution < -0.4 is 0 Å². The van der Waals surface area contributed by atoms with Crippen LogP contribution in [0.4, 0.5) is 13.2 Å². The number of alkyl halides is 3. The molecule has 3 nitrogen and oxygen atoms in total. The molecule has 0 aliphatic carbocycles. The monoisotopic (exact) mass is 442 g/mol. The zero-order chi connectivity index (χ0) is 16.5. The Hall–Kier alpha value is -1.29. The number of aromatic hydroxyl groups is 1. The van der Waals surface area contributed by atoms with E-state index in [0.717, 1.165) is 6.07 Å². The first-order valence-electron chi connectivity index (χ1n) is 6.11. The lowest BCUT2D eigenvalue weighted by molar-refractivity contribution is -0.138. The van der Waals surface area contributed by atoms with E-state index in [9.17, 15) is 23.1 Å². The van der Waals surface area contributed by atoms with Crippen LogP contribution in [0.2, 0.25) is 0 Å². The summed E-state index contributed by atoms with van der Waals surface area (Å²) in [6.07, 6.45) is -4.79. The molecule has 8 heteroatoms. The smallest absolute Gasteiger partial charge is 0.418 e. The van der Waals surface area contributed by atoms with E-state index in [1.54, 1.807) is 17.5 Å². The predicted molar refractivity (Wildman–Crippen MR) is 85.1 cm³/mol. The molecule has 1 N–H and O–H groups in total. The van der Waals surface area contributed by atoms with Gasteiger partial charge in [0.2, 0.25) is 0 Å². The molecule has 0 aliphatic rings. The highest BCUT2D eigenvalue weighted by atomic mass is 127. The maximum Gasteiger partial charge on any atom is 0.418 e. The Kier molecular flexibility index (Phi) is 5.00. The van der Waals surface area contributed by atoms with Gasteiger partial charge in [0.1, 0.15) is 5.75 Å². The van der Waals surface area contributed by atoms with Crippen molar-refractivity contribution in [2.24, 2.45) is 0 Å². The minimum Gasteiger partial charge on any atom is -0.507 e. The lowest BCUT2D eigenvalue weighted by Gasteiger charge is -2.18. The molecule has 118 valence electrons. The van der Waals surface area contributed by atoms with Gasteiger partial charge in [-0.1, -0.05) is 6.07 Å². The molecule has 1 aromatic carbocycles. The van der Waals surface area contributed by atoms with E-state index >= 15 is 0 Å². The molecule has 0 fully saturated rings. The third-order valence-corrected chi connectivity index (χ3v) is 4.79. The molecule has 0 saturated heterocycles. The van der Waals surface area contributed by atoms with Gasteiger partial charge in [-0.25, -0.2) is 4.79 Å². The highest BCUT2D eigenvalue weighted by Crippen LogP contribution is 2.44. The first-order chi connectivity index (χ1) is 10.3. The number of phenols is 1. The summed E-state index contributed by atoms with van der Waals surface area (Å²) in [7, 11) is 0. The van der Waals surface area contributed by atoms with Gasteiger partial charge in [-0.05, 0) is 47.0 Å². The van der Waals surface area contributed by atoms with Crippen molar-refractivity contribution >= 4 is 39.9 Å². The standard InChI is InChI=1S/C14H10F3IO3S/c1-2-21-13(20)10-7(9-4-3-5-22-9)6-8(19)12(18)11(10)14(15,16)17/h3-6,19H,2H2,1H3. The number of carbonyl (C=O) groups is 1. The Morgan fingerprint density at radius 3 is 2.64 bits per heavy atom. The lowest BCUT2D eigenvalue weighted by Crippen LogP contribution is -2.18. The van der Waals surface area contributed by atoms with Crippen LogP contribution in [0.3, 0.4) is 0 Å². The predicted octanol–water partition coefficient (Wildman–Crippen LogP) is 4.92. The maximum atomic E-state index is 13.4. The number of esters is 1. The van der Waals surface area contributed by atoms with Crippen LogP contribution >= 0.6 is 33.9 Å². The summed E-state index contributed by atoms with van der Waals surface area (Å²) in [5.41, 5.74) is -1.73. The molecule has 22 heavy (non-hydrogen) atoms. The normalized spacial score (nSPS) is 11.5. The van der Waals surface area contributed by atoms with E-state index in [-0.39, 0.29) is 12.2 Å². The minimum absolute atomic E-state index is 0.0127. The van der Waals surface area contributed by atoms with Crippen molar-refractivity contribution < 1.29 is 27.8 Å². The van der Waals surface area contributed by atoms with E-state index in [1.807, 2.05) is 0 Å². The Morgan fingerprint density at radius 2 is 2.14 bits per heavy atom. The van der Waals surface area contributed by atoms with Gasteiger partial charge in [-0.3, -0.25) is 0 Å². The van der Waals surface area contributed by atoms with Gasteiger partial charge < -0.3 is 9.84 Å². The van der Waals surface area contributed by atoms with Crippen LogP contribution in [-0.2, 0) is 10.9 Å². The molecule has 0 amide bonds. The highest BCUT2D eigenvalue weighted by Gasteiger charge is 2.41. The van der Waals surface area contributed by atoms with Crippen molar-refractivity contribution in [1.82, 2.24) is 0 Å². The second kappa shape index (κ2) is 6.45. The molecule has 1 aromatic heterocycles. The Bertz CT molecular complexity index is 696. The molecule has 0 radical (unpaired) electrons. The van der Waals surface area contributed by atoms with E-state index in [4.69, 9.17) is 4.74 Å². The summed E-state index contributed by atoms with van der Waals surface area (Å²) in [5, 5.41) is 11.5. The number of rotatable bonds is 3. The van der Waals surface area contributed by atoms with Crippen LogP contribution in [0.1, 0.15) is 22.8 Å². The van der Waals surface area contributed by atoms with Crippen LogP contribution in [-0.4, -0.2) is 17.7 Å². The second-order valence-electron chi connectivity index (χ2n) is 4.20. The Labute approximate surface area is 141 Å². The Morgan fingerprint density at radius 1 is 1.45 bits per heavy atom. The average Bonchev–Trinajstić information content (AvgIpc) is 2.93. The zero-order valence-corrected chi connectivity index (χ0v) is 14.2. The van der Waals surface area contributed by atoms with E-state index < -0.39 is 32.6 Å². The summed E-state index contributed by atoms with van der Waals surface area (Å²) in [6.45, 7) is 1.47. The van der Waals surface area contributed by atoms with Crippen molar-refractivity contribution in [3.63, 3.8) is 0 Å². The quantitative estimate of drug-likeness (QED) is 0.543. The second-order valence-corrected chi connectivity index (χ2v) is 6.23. The van der Waals surface area contributed by atoms with Gasteiger partial charge in [0, 0.05) is 10.4 Å². The number of thiophene rings is 1. The summed E-state index contributed by atoms with van der Waals surface area (Å²) < 4.78 is 44.5. The fraction of sp³-hybridized carbons (Fsp3) is 0.214. The molecule has 0 saturated carbocycles. The summed E-state index contributed by atoms with van der Waals surface area (Å²) in [6, 6.07) is 4.39. The number of carbonyl (C=O) groups excluding carboxylic acids is 1. The largest absolute Gasteiger partial charge is 0.507 e. The van der Waals surface area contributed by atoms with Gasteiger partial charge in [-0.2, -0.15) is 13.2 Å². The fourth-order valence-corrected chi connectivity index (χ4v) is 3.43. The molecule has 2 aromatic rings. The van der Waals surface area contributed by atoms with Crippen LogP contribution in [0, 0.1) is 3.57 Å². The number of benzene rings is 1. The summed E-state index contributed by atoms with van der Waals surface area (Å²) in [5.74, 6) is -1.58. The third-order valence-electron chi connectivity index (χ3n) is 2.79. The number of hydrogen-bond acceptors (Lipinski definition) is 4. The number of ether oxygens (including phenoxy) is 1. The summed E-state index contributed by atoms with van der Waals surface area (Å²) >= 11 is 2.55. The third kappa shape index (κ3) is 3.22. The number of halogens is 4. The zero-order valence-electron chi connectivity index (χ0n) is 11.2. The lowest BCUT2D eigenvalue weighted by atomic mass is 9.98. The molecule has 0 spiro atoms. The molecule has 0 aliphatic heterocycles. The van der Waals surface area contributed by atoms with E-state index in [2.05, 4.69) is 0 Å². The fourth-order valence-electron chi connectivity index (χ4n) is 1.95. The van der Waals surface area contributed by atoms with E-state index in [0.29, 0.717) is 4.88 Å². The van der Waals surface area contributed by atoms with Crippen LogP contribution in [0.15, 0.2) is 23.6 Å². The number of hydrogen-bond donors (Lipinski definition) is 1. The summed E-state index contributed by atoms with van der Waals surface area (Å²) in [4.78, 5) is 12.5. The van der Waals surface area contributed by atoms with Gasteiger partial charge in [0.25, 0.3) is 0 Å². The average molecular weight is 442 g/mol. The SMILES string of the molecule is CCOC(=O)c1c(-c2cccs2)cc(O)c(I)c1C(F)(F)F. The molecular weight excluding hydrogens is 432 g/mol. The molecule has 2 rings (SSSR count). The molecule has 1 heterocycles. The molecule has 0 atom stereocenters. The number of phenolic OH excluding ortho intramolecular Hbond substituents is 1. The van der Waals surface area contributed by atoms with Gasteiger partial charge in [0.05, 0.1) is 21.3 Å². The molecule has 0 unspecified atom stereocenters. The van der Waals surface area contributed by atoms with Crippen LogP contribution in [0.25, 0.3) is 10.4 Å². The first-order valence-corrected chi connectivity index (χ1v) is 8.06.